The SMILES string of the molecule is O=[N+]([O-])c1ccc(OCc2ccnc(Cl)c2)cc1F. The Hall–Kier alpha value is -2.21. The lowest BCUT2D eigenvalue weighted by Crippen LogP contribution is -1.98. The van der Waals surface area contributed by atoms with Crippen LogP contribution in [0.15, 0.2) is 36.5 Å². The number of nitro groups is 1. The molecule has 19 heavy (non-hydrogen) atoms. The van der Waals surface area contributed by atoms with Crippen LogP contribution >= 0.6 is 11.6 Å². The van der Waals surface area contributed by atoms with Gasteiger partial charge in [-0.25, -0.2) is 4.98 Å². The first-order valence-corrected chi connectivity index (χ1v) is 5.61. The summed E-state index contributed by atoms with van der Waals surface area (Å²) in [5, 5.41) is 10.8. The summed E-state index contributed by atoms with van der Waals surface area (Å²) in [7, 11) is 0. The van der Waals surface area contributed by atoms with Gasteiger partial charge in [0.15, 0.2) is 0 Å². The zero-order valence-electron chi connectivity index (χ0n) is 9.55. The Balaban J connectivity index is 2.08. The second-order valence-electron chi connectivity index (χ2n) is 3.65. The van der Waals surface area contributed by atoms with Gasteiger partial charge in [-0.3, -0.25) is 10.1 Å². The van der Waals surface area contributed by atoms with Crippen molar-refractivity contribution in [3.8, 4) is 5.75 Å². The van der Waals surface area contributed by atoms with Crippen molar-refractivity contribution >= 4 is 17.3 Å². The standard InChI is InChI=1S/C12H8ClFN2O3/c13-12-5-8(3-4-15-12)7-19-9-1-2-11(16(17)18)10(14)6-9/h1-6H,7H2. The zero-order chi connectivity index (χ0) is 13.8. The quantitative estimate of drug-likeness (QED) is 0.490. The van der Waals surface area contributed by atoms with E-state index in [0.29, 0.717) is 5.15 Å². The fourth-order valence-corrected chi connectivity index (χ4v) is 1.62. The molecular weight excluding hydrogens is 275 g/mol. The molecule has 0 N–H and O–H groups in total. The molecule has 1 heterocycles. The van der Waals surface area contributed by atoms with Crippen LogP contribution in [0.4, 0.5) is 10.1 Å². The minimum absolute atomic E-state index is 0.166. The molecule has 5 nitrogen and oxygen atoms in total. The van der Waals surface area contributed by atoms with Crippen molar-refractivity contribution in [2.45, 2.75) is 6.61 Å². The Morgan fingerprint density at radius 3 is 2.79 bits per heavy atom. The molecule has 0 saturated carbocycles. The molecule has 0 saturated heterocycles. The molecule has 0 unspecified atom stereocenters. The Labute approximate surface area is 112 Å². The summed E-state index contributed by atoms with van der Waals surface area (Å²) in [4.78, 5) is 13.5. The fourth-order valence-electron chi connectivity index (χ4n) is 1.42. The number of nitro benzene ring substituents is 1. The second kappa shape index (κ2) is 5.62. The van der Waals surface area contributed by atoms with E-state index in [-0.39, 0.29) is 12.4 Å². The molecule has 98 valence electrons. The summed E-state index contributed by atoms with van der Waals surface area (Å²) >= 11 is 5.71. The number of nitrogens with zero attached hydrogens (tertiary/aromatic N) is 2. The van der Waals surface area contributed by atoms with E-state index in [1.165, 1.54) is 12.3 Å². The van der Waals surface area contributed by atoms with Crippen molar-refractivity contribution in [3.63, 3.8) is 0 Å². The van der Waals surface area contributed by atoms with Crippen molar-refractivity contribution in [2.24, 2.45) is 0 Å². The van der Waals surface area contributed by atoms with Crippen LogP contribution in [0.5, 0.6) is 5.75 Å². The lowest BCUT2D eigenvalue weighted by atomic mass is 10.3. The Morgan fingerprint density at radius 2 is 2.16 bits per heavy atom. The van der Waals surface area contributed by atoms with Crippen LogP contribution in [-0.4, -0.2) is 9.91 Å². The molecule has 1 aromatic carbocycles. The molecule has 0 bridgehead atoms. The van der Waals surface area contributed by atoms with E-state index in [1.54, 1.807) is 12.1 Å². The number of aromatic nitrogens is 1. The van der Waals surface area contributed by atoms with E-state index in [9.17, 15) is 14.5 Å². The molecule has 0 radical (unpaired) electrons. The van der Waals surface area contributed by atoms with Gasteiger partial charge in [0, 0.05) is 18.3 Å². The lowest BCUT2D eigenvalue weighted by molar-refractivity contribution is -0.387. The predicted molar refractivity (Wildman–Crippen MR) is 66.6 cm³/mol. The van der Waals surface area contributed by atoms with Crippen LogP contribution < -0.4 is 4.74 Å². The van der Waals surface area contributed by atoms with E-state index < -0.39 is 16.4 Å². The van der Waals surface area contributed by atoms with E-state index in [1.807, 2.05) is 0 Å². The first-order chi connectivity index (χ1) is 9.06. The van der Waals surface area contributed by atoms with Crippen LogP contribution in [0, 0.1) is 15.9 Å². The van der Waals surface area contributed by atoms with E-state index >= 15 is 0 Å². The molecule has 0 atom stereocenters. The first-order valence-electron chi connectivity index (χ1n) is 5.23. The molecule has 0 fully saturated rings. The molecular formula is C12H8ClFN2O3. The average molecular weight is 283 g/mol. The predicted octanol–water partition coefficient (Wildman–Crippen LogP) is 3.36. The van der Waals surface area contributed by atoms with E-state index in [0.717, 1.165) is 17.7 Å². The molecule has 0 aliphatic rings. The maximum atomic E-state index is 13.3. The summed E-state index contributed by atoms with van der Waals surface area (Å²) in [6, 6.07) is 6.69. The molecule has 1 aromatic heterocycles. The van der Waals surface area contributed by atoms with Crippen LogP contribution in [-0.2, 0) is 6.61 Å². The lowest BCUT2D eigenvalue weighted by Gasteiger charge is -2.06. The van der Waals surface area contributed by atoms with Gasteiger partial charge < -0.3 is 4.74 Å². The number of rotatable bonds is 4. The summed E-state index contributed by atoms with van der Waals surface area (Å²) in [6.07, 6.45) is 1.53. The number of hydrogen-bond donors (Lipinski definition) is 0. The largest absolute Gasteiger partial charge is 0.489 e. The highest BCUT2D eigenvalue weighted by Crippen LogP contribution is 2.23. The number of halogens is 2. The van der Waals surface area contributed by atoms with Gasteiger partial charge in [-0.15, -0.1) is 0 Å². The van der Waals surface area contributed by atoms with Crippen molar-refractivity contribution in [2.75, 3.05) is 0 Å². The highest BCUT2D eigenvalue weighted by atomic mass is 35.5. The summed E-state index contributed by atoms with van der Waals surface area (Å²) in [5.74, 6) is -0.730. The molecule has 0 aliphatic carbocycles. The fraction of sp³-hybridized carbons (Fsp3) is 0.0833. The first kappa shape index (κ1) is 13.2. The topological polar surface area (TPSA) is 65.3 Å². The minimum Gasteiger partial charge on any atom is -0.489 e. The third-order valence-corrected chi connectivity index (χ3v) is 2.52. The van der Waals surface area contributed by atoms with Gasteiger partial charge in [0.25, 0.3) is 0 Å². The molecule has 7 heteroatoms. The zero-order valence-corrected chi connectivity index (χ0v) is 10.3. The molecule has 2 rings (SSSR count). The maximum Gasteiger partial charge on any atom is 0.305 e. The van der Waals surface area contributed by atoms with Crippen molar-refractivity contribution in [3.05, 3.63) is 63.2 Å². The van der Waals surface area contributed by atoms with Crippen LogP contribution in [0.25, 0.3) is 0 Å². The van der Waals surface area contributed by atoms with Crippen LogP contribution in [0.1, 0.15) is 5.56 Å². The summed E-state index contributed by atoms with van der Waals surface area (Å²) in [5.41, 5.74) is 0.179. The van der Waals surface area contributed by atoms with Crippen molar-refractivity contribution in [1.29, 1.82) is 0 Å². The van der Waals surface area contributed by atoms with Crippen LogP contribution in [0.2, 0.25) is 5.15 Å². The number of pyridine rings is 1. The number of hydrogen-bond acceptors (Lipinski definition) is 4. The Bertz CT molecular complexity index is 622. The van der Waals surface area contributed by atoms with Gasteiger partial charge >= 0.3 is 5.69 Å². The third-order valence-electron chi connectivity index (χ3n) is 2.31. The molecule has 2 aromatic rings. The monoisotopic (exact) mass is 282 g/mol. The molecule has 0 aliphatic heterocycles. The molecule has 0 amide bonds. The second-order valence-corrected chi connectivity index (χ2v) is 4.03. The minimum atomic E-state index is -0.935. The Kier molecular flexibility index (Phi) is 3.91. The van der Waals surface area contributed by atoms with Gasteiger partial charge in [-0.2, -0.15) is 4.39 Å². The van der Waals surface area contributed by atoms with Gasteiger partial charge in [0.1, 0.15) is 17.5 Å². The van der Waals surface area contributed by atoms with Gasteiger partial charge in [0.2, 0.25) is 5.82 Å². The van der Waals surface area contributed by atoms with Gasteiger partial charge in [0.05, 0.1) is 4.92 Å². The Morgan fingerprint density at radius 1 is 1.37 bits per heavy atom. The van der Waals surface area contributed by atoms with Gasteiger partial charge in [-0.1, -0.05) is 11.6 Å². The maximum absolute atomic E-state index is 13.3. The molecule has 0 spiro atoms. The summed E-state index contributed by atoms with van der Waals surface area (Å²) < 4.78 is 18.7. The van der Waals surface area contributed by atoms with Crippen molar-refractivity contribution < 1.29 is 14.1 Å². The van der Waals surface area contributed by atoms with Crippen molar-refractivity contribution in [1.82, 2.24) is 4.98 Å². The number of benzene rings is 1. The summed E-state index contributed by atoms with van der Waals surface area (Å²) in [6.45, 7) is 0.166. The highest BCUT2D eigenvalue weighted by molar-refractivity contribution is 6.29. The smallest absolute Gasteiger partial charge is 0.305 e. The normalized spacial score (nSPS) is 10.2. The number of ether oxygens (including phenoxy) is 1. The third kappa shape index (κ3) is 3.38. The average Bonchev–Trinajstić information content (AvgIpc) is 2.36. The van der Waals surface area contributed by atoms with Crippen LogP contribution in [0.3, 0.4) is 0 Å². The van der Waals surface area contributed by atoms with E-state index in [4.69, 9.17) is 16.3 Å². The highest BCUT2D eigenvalue weighted by Gasteiger charge is 2.14. The van der Waals surface area contributed by atoms with E-state index in [2.05, 4.69) is 4.98 Å². The van der Waals surface area contributed by atoms with Gasteiger partial charge in [-0.05, 0) is 23.8 Å².